The van der Waals surface area contributed by atoms with Gasteiger partial charge in [0, 0.05) is 12.2 Å². The Kier molecular flexibility index (Phi) is 6.98. The van der Waals surface area contributed by atoms with Crippen LogP contribution in [0.5, 0.6) is 0 Å². The van der Waals surface area contributed by atoms with Crippen molar-refractivity contribution in [3.63, 3.8) is 0 Å². The summed E-state index contributed by atoms with van der Waals surface area (Å²) < 4.78 is 0. The number of halogens is 1. The molecule has 3 N–H and O–H groups in total. The van der Waals surface area contributed by atoms with Crippen molar-refractivity contribution >= 4 is 29.3 Å². The monoisotopic (exact) mass is 313 g/mol. The lowest BCUT2D eigenvalue weighted by atomic mass is 10.2. The van der Waals surface area contributed by atoms with Crippen molar-refractivity contribution in [2.45, 2.75) is 12.8 Å². The van der Waals surface area contributed by atoms with Crippen LogP contribution in [0.1, 0.15) is 23.2 Å². The van der Waals surface area contributed by atoms with E-state index in [9.17, 15) is 9.59 Å². The van der Waals surface area contributed by atoms with E-state index in [1.54, 1.807) is 6.07 Å². The summed E-state index contributed by atoms with van der Waals surface area (Å²) in [6.07, 6.45) is 1.88. The van der Waals surface area contributed by atoms with Crippen LogP contribution in [-0.4, -0.2) is 49.2 Å². The first-order chi connectivity index (χ1) is 9.90. The van der Waals surface area contributed by atoms with Crippen LogP contribution in [0.3, 0.4) is 0 Å². The molecule has 116 valence electrons. The number of unbranched alkanes of at least 4 members (excludes halogenated alkanes) is 1. The minimum atomic E-state index is -1.13. The molecule has 7 heteroatoms. The number of carbonyl (C=O) groups is 2. The summed E-state index contributed by atoms with van der Waals surface area (Å²) in [7, 11) is 4.00. The molecule has 0 aliphatic carbocycles. The van der Waals surface area contributed by atoms with E-state index in [1.165, 1.54) is 12.1 Å². The lowest BCUT2D eigenvalue weighted by Crippen LogP contribution is -2.30. The van der Waals surface area contributed by atoms with Crippen LogP contribution in [0.4, 0.5) is 10.5 Å². The van der Waals surface area contributed by atoms with E-state index in [0.29, 0.717) is 12.2 Å². The van der Waals surface area contributed by atoms with E-state index in [0.717, 1.165) is 19.4 Å². The Hall–Kier alpha value is -1.79. The standard InChI is InChI=1S/C14H20ClN3O3/c1-18(2)8-4-3-7-16-14(21)17-10-5-6-12(15)11(9-10)13(19)20/h5-6,9H,3-4,7-8H2,1-2H3,(H,19,20)(H2,16,17,21). The van der Waals surface area contributed by atoms with Gasteiger partial charge in [-0.1, -0.05) is 11.6 Å². The van der Waals surface area contributed by atoms with Gasteiger partial charge in [-0.15, -0.1) is 0 Å². The largest absolute Gasteiger partial charge is 0.478 e. The summed E-state index contributed by atoms with van der Waals surface area (Å²) in [5.41, 5.74) is 0.350. The number of carboxylic acids is 1. The average molecular weight is 314 g/mol. The van der Waals surface area contributed by atoms with Crippen molar-refractivity contribution < 1.29 is 14.7 Å². The van der Waals surface area contributed by atoms with Gasteiger partial charge < -0.3 is 20.6 Å². The molecule has 0 aliphatic heterocycles. The molecule has 0 spiro atoms. The summed E-state index contributed by atoms with van der Waals surface area (Å²) in [6, 6.07) is 3.97. The quantitative estimate of drug-likeness (QED) is 0.676. The second kappa shape index (κ2) is 8.49. The van der Waals surface area contributed by atoms with Gasteiger partial charge in [0.25, 0.3) is 0 Å². The summed E-state index contributed by atoms with van der Waals surface area (Å²) in [6.45, 7) is 1.54. The topological polar surface area (TPSA) is 81.7 Å². The highest BCUT2D eigenvalue weighted by Gasteiger charge is 2.10. The van der Waals surface area contributed by atoms with Crippen molar-refractivity contribution in [1.29, 1.82) is 0 Å². The summed E-state index contributed by atoms with van der Waals surface area (Å²) >= 11 is 5.76. The zero-order valence-electron chi connectivity index (χ0n) is 12.1. The molecule has 0 aromatic heterocycles. The minimum Gasteiger partial charge on any atom is -0.478 e. The predicted molar refractivity (Wildman–Crippen MR) is 83.2 cm³/mol. The van der Waals surface area contributed by atoms with Gasteiger partial charge >= 0.3 is 12.0 Å². The maximum atomic E-state index is 11.7. The molecule has 0 atom stereocenters. The van der Waals surface area contributed by atoms with Crippen molar-refractivity contribution in [2.75, 3.05) is 32.5 Å². The van der Waals surface area contributed by atoms with Gasteiger partial charge in [-0.2, -0.15) is 0 Å². The van der Waals surface area contributed by atoms with Gasteiger partial charge in [0.2, 0.25) is 0 Å². The highest BCUT2D eigenvalue weighted by Crippen LogP contribution is 2.20. The number of aromatic carboxylic acids is 1. The van der Waals surface area contributed by atoms with Crippen molar-refractivity contribution in [3.05, 3.63) is 28.8 Å². The molecule has 1 aromatic carbocycles. The van der Waals surface area contributed by atoms with Crippen molar-refractivity contribution in [2.24, 2.45) is 0 Å². The van der Waals surface area contributed by atoms with Gasteiger partial charge in [-0.05, 0) is 51.7 Å². The third-order valence-electron chi connectivity index (χ3n) is 2.77. The third kappa shape index (κ3) is 6.46. The van der Waals surface area contributed by atoms with Gasteiger partial charge in [0.05, 0.1) is 10.6 Å². The van der Waals surface area contributed by atoms with Crippen LogP contribution in [0, 0.1) is 0 Å². The molecule has 0 saturated heterocycles. The van der Waals surface area contributed by atoms with Crippen LogP contribution in [0.15, 0.2) is 18.2 Å². The lowest BCUT2D eigenvalue weighted by molar-refractivity contribution is 0.0697. The molecule has 0 fully saturated rings. The molecule has 1 rings (SSSR count). The first kappa shape index (κ1) is 17.3. The lowest BCUT2D eigenvalue weighted by Gasteiger charge is -2.10. The Balaban J connectivity index is 2.41. The number of nitrogens with one attached hydrogen (secondary N) is 2. The molecule has 0 aliphatic rings. The number of rotatable bonds is 7. The molecule has 0 saturated carbocycles. The Morgan fingerprint density at radius 3 is 2.62 bits per heavy atom. The second-order valence-electron chi connectivity index (χ2n) is 4.89. The fourth-order valence-corrected chi connectivity index (χ4v) is 1.90. The highest BCUT2D eigenvalue weighted by molar-refractivity contribution is 6.33. The van der Waals surface area contributed by atoms with E-state index in [2.05, 4.69) is 15.5 Å². The number of carbonyl (C=O) groups excluding carboxylic acids is 1. The van der Waals surface area contributed by atoms with Crippen LogP contribution in [-0.2, 0) is 0 Å². The fourth-order valence-electron chi connectivity index (χ4n) is 1.70. The number of urea groups is 1. The summed E-state index contributed by atoms with van der Waals surface area (Å²) in [5, 5.41) is 14.4. The van der Waals surface area contributed by atoms with Crippen molar-refractivity contribution in [3.8, 4) is 0 Å². The highest BCUT2D eigenvalue weighted by atomic mass is 35.5. The Morgan fingerprint density at radius 2 is 2.00 bits per heavy atom. The number of carboxylic acid groups (broad SMARTS) is 1. The van der Waals surface area contributed by atoms with E-state index in [-0.39, 0.29) is 16.6 Å². The van der Waals surface area contributed by atoms with E-state index in [4.69, 9.17) is 16.7 Å². The Morgan fingerprint density at radius 1 is 1.29 bits per heavy atom. The molecule has 2 amide bonds. The number of nitrogens with zero attached hydrogens (tertiary/aromatic N) is 1. The number of hydrogen-bond acceptors (Lipinski definition) is 3. The predicted octanol–water partition coefficient (Wildman–Crippen LogP) is 2.50. The maximum absolute atomic E-state index is 11.7. The first-order valence-corrected chi connectivity index (χ1v) is 7.00. The van der Waals surface area contributed by atoms with Gasteiger partial charge in [0.15, 0.2) is 0 Å². The zero-order valence-corrected chi connectivity index (χ0v) is 12.9. The molecule has 6 nitrogen and oxygen atoms in total. The van der Waals surface area contributed by atoms with E-state index < -0.39 is 5.97 Å². The minimum absolute atomic E-state index is 0.0413. The van der Waals surface area contributed by atoms with Gasteiger partial charge in [-0.25, -0.2) is 9.59 Å². The molecule has 21 heavy (non-hydrogen) atoms. The van der Waals surface area contributed by atoms with Crippen molar-refractivity contribution in [1.82, 2.24) is 10.2 Å². The Bertz CT molecular complexity index is 506. The normalized spacial score (nSPS) is 10.5. The number of amides is 2. The summed E-state index contributed by atoms with van der Waals surface area (Å²) in [4.78, 5) is 24.7. The van der Waals surface area contributed by atoms with Gasteiger partial charge in [0.1, 0.15) is 0 Å². The number of benzene rings is 1. The molecule has 1 aromatic rings. The van der Waals surface area contributed by atoms with E-state index in [1.807, 2.05) is 14.1 Å². The average Bonchev–Trinajstić information content (AvgIpc) is 2.40. The van der Waals surface area contributed by atoms with Crippen LogP contribution in [0.2, 0.25) is 5.02 Å². The molecular formula is C14H20ClN3O3. The molecule has 0 unspecified atom stereocenters. The number of hydrogen-bond donors (Lipinski definition) is 3. The van der Waals surface area contributed by atoms with E-state index >= 15 is 0 Å². The zero-order chi connectivity index (χ0) is 15.8. The maximum Gasteiger partial charge on any atom is 0.337 e. The number of anilines is 1. The Labute approximate surface area is 129 Å². The fraction of sp³-hybridized carbons (Fsp3) is 0.429. The molecule has 0 bridgehead atoms. The SMILES string of the molecule is CN(C)CCCCNC(=O)Nc1ccc(Cl)c(C(=O)O)c1. The molecule has 0 heterocycles. The van der Waals surface area contributed by atoms with Crippen LogP contribution >= 0.6 is 11.6 Å². The molecular weight excluding hydrogens is 294 g/mol. The summed E-state index contributed by atoms with van der Waals surface area (Å²) in [5.74, 6) is -1.13. The second-order valence-corrected chi connectivity index (χ2v) is 5.30. The smallest absolute Gasteiger partial charge is 0.337 e. The van der Waals surface area contributed by atoms with Gasteiger partial charge in [-0.3, -0.25) is 0 Å². The van der Waals surface area contributed by atoms with Crippen LogP contribution in [0.25, 0.3) is 0 Å². The molecule has 0 radical (unpaired) electrons. The third-order valence-corrected chi connectivity index (χ3v) is 3.10. The first-order valence-electron chi connectivity index (χ1n) is 6.62. The van der Waals surface area contributed by atoms with Crippen LogP contribution < -0.4 is 10.6 Å².